The van der Waals surface area contributed by atoms with Crippen molar-refractivity contribution in [3.8, 4) is 0 Å². The summed E-state index contributed by atoms with van der Waals surface area (Å²) in [6, 6.07) is 4.99. The van der Waals surface area contributed by atoms with E-state index in [1.54, 1.807) is 6.07 Å². The normalized spacial score (nSPS) is 22.6. The van der Waals surface area contributed by atoms with Gasteiger partial charge in [-0.15, -0.1) is 0 Å². The highest BCUT2D eigenvalue weighted by molar-refractivity contribution is 7.91. The molecule has 116 valence electrons. The number of urea groups is 1. The van der Waals surface area contributed by atoms with Crippen molar-refractivity contribution in [1.82, 2.24) is 5.32 Å². The smallest absolute Gasteiger partial charge is 0.319 e. The van der Waals surface area contributed by atoms with Crippen molar-refractivity contribution in [3.05, 3.63) is 30.1 Å². The fraction of sp³-hybridized carbons (Fsp3) is 0.500. The van der Waals surface area contributed by atoms with E-state index in [2.05, 4.69) is 10.6 Å². The van der Waals surface area contributed by atoms with Crippen LogP contribution in [-0.2, 0) is 9.84 Å². The predicted molar refractivity (Wildman–Crippen MR) is 79.4 cm³/mol. The number of rotatable bonds is 3. The molecule has 0 unspecified atom stereocenters. The zero-order valence-corrected chi connectivity index (χ0v) is 12.6. The average Bonchev–Trinajstić information content (AvgIpc) is 2.37. The molecular weight excluding hydrogens is 295 g/mol. The topological polar surface area (TPSA) is 75.3 Å². The minimum atomic E-state index is -3.08. The maximum absolute atomic E-state index is 13.0. The Labute approximate surface area is 123 Å². The van der Waals surface area contributed by atoms with Crippen LogP contribution in [0.1, 0.15) is 25.7 Å². The lowest BCUT2D eigenvalue weighted by Gasteiger charge is -2.28. The van der Waals surface area contributed by atoms with Crippen LogP contribution in [-0.4, -0.2) is 32.0 Å². The number of anilines is 1. The second kappa shape index (κ2) is 6.43. The van der Waals surface area contributed by atoms with Crippen LogP contribution in [0.4, 0.5) is 14.9 Å². The van der Waals surface area contributed by atoms with E-state index in [0.717, 1.165) is 12.8 Å². The summed E-state index contributed by atoms with van der Waals surface area (Å²) in [6.07, 6.45) is 3.82. The molecule has 1 fully saturated rings. The van der Waals surface area contributed by atoms with Crippen molar-refractivity contribution in [2.75, 3.05) is 11.6 Å². The maximum Gasteiger partial charge on any atom is 0.319 e. The summed E-state index contributed by atoms with van der Waals surface area (Å²) in [6.45, 7) is 0. The number of benzene rings is 1. The molecule has 0 heterocycles. The first kappa shape index (κ1) is 15.8. The molecule has 1 aromatic carbocycles. The van der Waals surface area contributed by atoms with Gasteiger partial charge in [0.25, 0.3) is 0 Å². The van der Waals surface area contributed by atoms with Gasteiger partial charge in [-0.3, -0.25) is 0 Å². The van der Waals surface area contributed by atoms with Crippen LogP contribution in [0.3, 0.4) is 0 Å². The van der Waals surface area contributed by atoms with Gasteiger partial charge in [0.05, 0.1) is 5.25 Å². The van der Waals surface area contributed by atoms with Crippen LogP contribution >= 0.6 is 0 Å². The summed E-state index contributed by atoms with van der Waals surface area (Å²) in [7, 11) is -3.08. The third-order valence-electron chi connectivity index (χ3n) is 3.65. The van der Waals surface area contributed by atoms with Gasteiger partial charge >= 0.3 is 6.03 Å². The molecule has 0 radical (unpaired) electrons. The standard InChI is InChI=1S/C14H19FN2O3S/c1-21(19,20)13-7-3-6-12(9-13)17-14(18)16-11-5-2-4-10(15)8-11/h2,4-5,8,12-13H,3,6-7,9H2,1H3,(H2,16,17,18)/t12-,13-/m0/s1. The summed E-state index contributed by atoms with van der Waals surface area (Å²) in [5.74, 6) is -0.428. The number of nitrogens with one attached hydrogen (secondary N) is 2. The van der Waals surface area contributed by atoms with Gasteiger partial charge < -0.3 is 10.6 Å². The van der Waals surface area contributed by atoms with Crippen LogP contribution < -0.4 is 10.6 Å². The molecule has 1 aliphatic carbocycles. The first-order valence-electron chi connectivity index (χ1n) is 6.86. The minimum absolute atomic E-state index is 0.174. The third-order valence-corrected chi connectivity index (χ3v) is 5.29. The summed E-state index contributed by atoms with van der Waals surface area (Å²) in [5.41, 5.74) is 0.364. The van der Waals surface area contributed by atoms with Crippen LogP contribution in [0.15, 0.2) is 24.3 Å². The average molecular weight is 314 g/mol. The van der Waals surface area contributed by atoms with E-state index in [1.807, 2.05) is 0 Å². The molecule has 1 saturated carbocycles. The highest BCUT2D eigenvalue weighted by Gasteiger charge is 2.29. The summed E-state index contributed by atoms with van der Waals surface area (Å²) in [5, 5.41) is 4.90. The second-order valence-electron chi connectivity index (χ2n) is 5.42. The molecule has 2 rings (SSSR count). The van der Waals surface area contributed by atoms with Crippen LogP contribution in [0.5, 0.6) is 0 Å². The number of carbonyl (C=O) groups is 1. The van der Waals surface area contributed by atoms with Gasteiger partial charge in [0, 0.05) is 18.0 Å². The summed E-state index contributed by atoms with van der Waals surface area (Å²) >= 11 is 0. The van der Waals surface area contributed by atoms with Crippen LogP contribution in [0, 0.1) is 5.82 Å². The van der Waals surface area contributed by atoms with Gasteiger partial charge in [-0.05, 0) is 37.5 Å². The Morgan fingerprint density at radius 1 is 1.33 bits per heavy atom. The molecule has 1 aliphatic rings. The van der Waals surface area contributed by atoms with Gasteiger partial charge in [-0.2, -0.15) is 0 Å². The maximum atomic E-state index is 13.0. The van der Waals surface area contributed by atoms with E-state index in [1.165, 1.54) is 24.5 Å². The Morgan fingerprint density at radius 3 is 2.76 bits per heavy atom. The van der Waals surface area contributed by atoms with E-state index in [-0.39, 0.29) is 6.04 Å². The lowest BCUT2D eigenvalue weighted by molar-refractivity contribution is 0.244. The van der Waals surface area contributed by atoms with Crippen molar-refractivity contribution in [2.24, 2.45) is 0 Å². The number of halogens is 1. The van der Waals surface area contributed by atoms with Crippen molar-refractivity contribution < 1.29 is 17.6 Å². The molecule has 0 aliphatic heterocycles. The Kier molecular flexibility index (Phi) is 4.82. The predicted octanol–water partition coefficient (Wildman–Crippen LogP) is 2.30. The number of hydrogen-bond donors (Lipinski definition) is 2. The number of hydrogen-bond acceptors (Lipinski definition) is 3. The van der Waals surface area contributed by atoms with E-state index in [4.69, 9.17) is 0 Å². The lowest BCUT2D eigenvalue weighted by Crippen LogP contribution is -2.43. The fourth-order valence-corrected chi connectivity index (χ4v) is 3.76. The molecule has 1 aromatic rings. The monoisotopic (exact) mass is 314 g/mol. The highest BCUT2D eigenvalue weighted by atomic mass is 32.2. The van der Waals surface area contributed by atoms with E-state index in [9.17, 15) is 17.6 Å². The van der Waals surface area contributed by atoms with Crippen molar-refractivity contribution in [3.63, 3.8) is 0 Å². The Morgan fingerprint density at radius 2 is 2.10 bits per heavy atom. The fourth-order valence-electron chi connectivity index (χ4n) is 2.58. The minimum Gasteiger partial charge on any atom is -0.335 e. The van der Waals surface area contributed by atoms with E-state index < -0.39 is 26.9 Å². The SMILES string of the molecule is CS(=O)(=O)[C@H]1CCC[C@H](NC(=O)Nc2cccc(F)c2)C1. The molecule has 5 nitrogen and oxygen atoms in total. The van der Waals surface area contributed by atoms with Crippen LogP contribution in [0.25, 0.3) is 0 Å². The molecule has 0 bridgehead atoms. The summed E-state index contributed by atoms with van der Waals surface area (Å²) in [4.78, 5) is 11.9. The van der Waals surface area contributed by atoms with Gasteiger partial charge in [0.15, 0.2) is 0 Å². The van der Waals surface area contributed by atoms with Gasteiger partial charge in [-0.25, -0.2) is 17.6 Å². The van der Waals surface area contributed by atoms with Gasteiger partial charge in [0.1, 0.15) is 15.7 Å². The van der Waals surface area contributed by atoms with Crippen molar-refractivity contribution >= 4 is 21.6 Å². The molecule has 0 saturated heterocycles. The molecule has 2 atom stereocenters. The van der Waals surface area contributed by atoms with E-state index >= 15 is 0 Å². The van der Waals surface area contributed by atoms with Crippen LogP contribution in [0.2, 0.25) is 0 Å². The molecule has 2 N–H and O–H groups in total. The van der Waals surface area contributed by atoms with Crippen molar-refractivity contribution in [2.45, 2.75) is 37.0 Å². The largest absolute Gasteiger partial charge is 0.335 e. The highest BCUT2D eigenvalue weighted by Crippen LogP contribution is 2.24. The molecule has 2 amide bonds. The molecule has 0 aromatic heterocycles. The zero-order valence-electron chi connectivity index (χ0n) is 11.8. The molecule has 21 heavy (non-hydrogen) atoms. The Bertz CT molecular complexity index is 618. The lowest BCUT2D eigenvalue weighted by atomic mass is 9.95. The number of amides is 2. The first-order chi connectivity index (χ1) is 9.84. The number of sulfone groups is 1. The molecular formula is C14H19FN2O3S. The molecule has 7 heteroatoms. The van der Waals surface area contributed by atoms with Gasteiger partial charge in [0.2, 0.25) is 0 Å². The quantitative estimate of drug-likeness (QED) is 0.899. The zero-order chi connectivity index (χ0) is 15.5. The first-order valence-corrected chi connectivity index (χ1v) is 8.82. The Hall–Kier alpha value is -1.63. The van der Waals surface area contributed by atoms with E-state index in [0.29, 0.717) is 18.5 Å². The van der Waals surface area contributed by atoms with Gasteiger partial charge in [-0.1, -0.05) is 12.5 Å². The second-order valence-corrected chi connectivity index (χ2v) is 7.75. The van der Waals surface area contributed by atoms with Crippen molar-refractivity contribution in [1.29, 1.82) is 0 Å². The third kappa shape index (κ3) is 4.70. The summed E-state index contributed by atoms with van der Waals surface area (Å²) < 4.78 is 36.2. The number of carbonyl (C=O) groups excluding carboxylic acids is 1. The Balaban J connectivity index is 1.90. The molecule has 0 spiro atoms.